The smallest absolute Gasteiger partial charge is 0.245 e. The standard InChI is InChI=1S/C11H20N2O4S/c14-11(13-17-10-3-1-2-4-10)7-9-8-18(15,16)6-5-12-9/h9-10,12H,1-8H2,(H,13,14). The van der Waals surface area contributed by atoms with Gasteiger partial charge in [0.15, 0.2) is 9.84 Å². The fourth-order valence-electron chi connectivity index (χ4n) is 2.42. The number of nitrogens with one attached hydrogen (secondary N) is 2. The van der Waals surface area contributed by atoms with E-state index in [1.54, 1.807) is 0 Å². The van der Waals surface area contributed by atoms with Crippen LogP contribution in [0.2, 0.25) is 0 Å². The second kappa shape index (κ2) is 5.99. The summed E-state index contributed by atoms with van der Waals surface area (Å²) in [5, 5.41) is 3.04. The van der Waals surface area contributed by atoms with Gasteiger partial charge in [0.25, 0.3) is 0 Å². The number of carbonyl (C=O) groups is 1. The van der Waals surface area contributed by atoms with Crippen molar-refractivity contribution in [2.45, 2.75) is 44.2 Å². The SMILES string of the molecule is O=C(CC1CS(=O)(=O)CCN1)NOC1CCCC1. The number of amides is 1. The third-order valence-corrected chi connectivity index (χ3v) is 5.11. The van der Waals surface area contributed by atoms with E-state index in [-0.39, 0.29) is 36.0 Å². The molecule has 1 saturated carbocycles. The number of rotatable bonds is 4. The predicted octanol–water partition coefficient (Wildman–Crippen LogP) is -0.246. The van der Waals surface area contributed by atoms with E-state index in [2.05, 4.69) is 10.8 Å². The van der Waals surface area contributed by atoms with Crippen molar-refractivity contribution in [3.8, 4) is 0 Å². The van der Waals surface area contributed by atoms with E-state index < -0.39 is 9.84 Å². The van der Waals surface area contributed by atoms with Gasteiger partial charge in [-0.15, -0.1) is 0 Å². The van der Waals surface area contributed by atoms with Crippen LogP contribution >= 0.6 is 0 Å². The van der Waals surface area contributed by atoms with E-state index in [1.165, 1.54) is 0 Å². The molecule has 0 aromatic carbocycles. The summed E-state index contributed by atoms with van der Waals surface area (Å²) in [6.07, 6.45) is 4.52. The third kappa shape index (κ3) is 4.22. The van der Waals surface area contributed by atoms with Gasteiger partial charge in [0.2, 0.25) is 5.91 Å². The summed E-state index contributed by atoms with van der Waals surface area (Å²) in [5.74, 6) is -0.0652. The fourth-order valence-corrected chi connectivity index (χ4v) is 3.86. The molecule has 0 aromatic rings. The Morgan fingerprint density at radius 2 is 2.06 bits per heavy atom. The molecule has 1 unspecified atom stereocenters. The largest absolute Gasteiger partial charge is 0.311 e. The monoisotopic (exact) mass is 276 g/mol. The van der Waals surface area contributed by atoms with Crippen LogP contribution in [0.1, 0.15) is 32.1 Å². The highest BCUT2D eigenvalue weighted by molar-refractivity contribution is 7.91. The average molecular weight is 276 g/mol. The van der Waals surface area contributed by atoms with Crippen molar-refractivity contribution >= 4 is 15.7 Å². The molecule has 6 nitrogen and oxygen atoms in total. The molecule has 2 N–H and O–H groups in total. The predicted molar refractivity (Wildman–Crippen MR) is 66.5 cm³/mol. The summed E-state index contributed by atoms with van der Waals surface area (Å²) < 4.78 is 22.8. The van der Waals surface area contributed by atoms with Gasteiger partial charge in [0, 0.05) is 19.0 Å². The van der Waals surface area contributed by atoms with Gasteiger partial charge in [-0.3, -0.25) is 9.63 Å². The summed E-state index contributed by atoms with van der Waals surface area (Å²) in [6.45, 7) is 0.420. The first kappa shape index (κ1) is 13.8. The molecule has 1 aliphatic carbocycles. The highest BCUT2D eigenvalue weighted by Gasteiger charge is 2.26. The molecule has 2 rings (SSSR count). The Morgan fingerprint density at radius 1 is 1.33 bits per heavy atom. The van der Waals surface area contributed by atoms with Crippen molar-refractivity contribution < 1.29 is 18.0 Å². The molecule has 1 amide bonds. The first-order valence-electron chi connectivity index (χ1n) is 6.43. The summed E-state index contributed by atoms with van der Waals surface area (Å²) in [6, 6.07) is -0.295. The highest BCUT2D eigenvalue weighted by Crippen LogP contribution is 2.19. The lowest BCUT2D eigenvalue weighted by molar-refractivity contribution is -0.138. The van der Waals surface area contributed by atoms with E-state index >= 15 is 0 Å². The number of hydrogen-bond donors (Lipinski definition) is 2. The second-order valence-corrected chi connectivity index (χ2v) is 7.25. The number of hydroxylamine groups is 1. The van der Waals surface area contributed by atoms with Gasteiger partial charge in [0.1, 0.15) is 0 Å². The molecular formula is C11H20N2O4S. The van der Waals surface area contributed by atoms with Gasteiger partial charge >= 0.3 is 0 Å². The normalized spacial score (nSPS) is 28.1. The molecule has 1 aliphatic heterocycles. The average Bonchev–Trinajstić information content (AvgIpc) is 2.77. The van der Waals surface area contributed by atoms with E-state index in [0.29, 0.717) is 6.54 Å². The van der Waals surface area contributed by atoms with Crippen LogP contribution in [0.15, 0.2) is 0 Å². The van der Waals surface area contributed by atoms with Gasteiger partial charge in [-0.05, 0) is 12.8 Å². The van der Waals surface area contributed by atoms with E-state index in [0.717, 1.165) is 25.7 Å². The third-order valence-electron chi connectivity index (χ3n) is 3.37. The zero-order chi connectivity index (χ0) is 13.0. The highest BCUT2D eigenvalue weighted by atomic mass is 32.2. The zero-order valence-electron chi connectivity index (χ0n) is 10.4. The van der Waals surface area contributed by atoms with Crippen molar-refractivity contribution in [1.82, 2.24) is 10.8 Å². The lowest BCUT2D eigenvalue weighted by Gasteiger charge is -2.23. The summed E-state index contributed by atoms with van der Waals surface area (Å²) in [5.41, 5.74) is 2.43. The minimum atomic E-state index is -2.99. The first-order chi connectivity index (χ1) is 8.55. The molecule has 2 fully saturated rings. The molecule has 18 heavy (non-hydrogen) atoms. The lowest BCUT2D eigenvalue weighted by atomic mass is 10.2. The molecule has 1 saturated heterocycles. The summed E-state index contributed by atoms with van der Waals surface area (Å²) >= 11 is 0. The van der Waals surface area contributed by atoms with Gasteiger partial charge in [-0.2, -0.15) is 0 Å². The Balaban J connectivity index is 1.70. The van der Waals surface area contributed by atoms with E-state index in [9.17, 15) is 13.2 Å². The Morgan fingerprint density at radius 3 is 2.72 bits per heavy atom. The molecule has 1 heterocycles. The maximum atomic E-state index is 11.6. The Bertz CT molecular complexity index is 390. The van der Waals surface area contributed by atoms with Crippen LogP contribution in [-0.4, -0.2) is 44.5 Å². The van der Waals surface area contributed by atoms with Crippen LogP contribution in [0.25, 0.3) is 0 Å². The Hall–Kier alpha value is -0.660. The molecule has 1 atom stereocenters. The van der Waals surface area contributed by atoms with E-state index in [1.807, 2.05) is 0 Å². The Labute approximate surface area is 107 Å². The Kier molecular flexibility index (Phi) is 4.58. The van der Waals surface area contributed by atoms with Gasteiger partial charge in [0.05, 0.1) is 17.6 Å². The van der Waals surface area contributed by atoms with Gasteiger partial charge in [-0.25, -0.2) is 13.9 Å². The van der Waals surface area contributed by atoms with Gasteiger partial charge < -0.3 is 5.32 Å². The zero-order valence-corrected chi connectivity index (χ0v) is 11.2. The molecule has 0 bridgehead atoms. The molecule has 2 aliphatic rings. The molecular weight excluding hydrogens is 256 g/mol. The number of sulfone groups is 1. The molecule has 7 heteroatoms. The fraction of sp³-hybridized carbons (Fsp3) is 0.909. The topological polar surface area (TPSA) is 84.5 Å². The van der Waals surface area contributed by atoms with Gasteiger partial charge in [-0.1, -0.05) is 12.8 Å². The van der Waals surface area contributed by atoms with Crippen molar-refractivity contribution in [2.24, 2.45) is 0 Å². The van der Waals surface area contributed by atoms with E-state index in [4.69, 9.17) is 4.84 Å². The van der Waals surface area contributed by atoms with Crippen molar-refractivity contribution in [2.75, 3.05) is 18.1 Å². The van der Waals surface area contributed by atoms with Crippen molar-refractivity contribution in [3.05, 3.63) is 0 Å². The minimum absolute atomic E-state index is 0.0316. The summed E-state index contributed by atoms with van der Waals surface area (Å²) in [7, 11) is -2.99. The maximum absolute atomic E-state index is 11.6. The van der Waals surface area contributed by atoms with Crippen LogP contribution in [0.3, 0.4) is 0 Å². The van der Waals surface area contributed by atoms with Crippen LogP contribution < -0.4 is 10.8 Å². The van der Waals surface area contributed by atoms with Crippen LogP contribution in [-0.2, 0) is 19.5 Å². The van der Waals surface area contributed by atoms with Crippen LogP contribution in [0, 0.1) is 0 Å². The number of carbonyl (C=O) groups excluding carboxylic acids is 1. The van der Waals surface area contributed by atoms with Crippen molar-refractivity contribution in [3.63, 3.8) is 0 Å². The van der Waals surface area contributed by atoms with Crippen LogP contribution in [0.5, 0.6) is 0 Å². The van der Waals surface area contributed by atoms with Crippen LogP contribution in [0.4, 0.5) is 0 Å². The van der Waals surface area contributed by atoms with Crippen molar-refractivity contribution in [1.29, 1.82) is 0 Å². The molecule has 0 radical (unpaired) electrons. The second-order valence-electron chi connectivity index (χ2n) is 5.02. The quantitative estimate of drug-likeness (QED) is 0.692. The molecule has 0 aromatic heterocycles. The number of hydrogen-bond acceptors (Lipinski definition) is 5. The lowest BCUT2D eigenvalue weighted by Crippen LogP contribution is -2.47. The maximum Gasteiger partial charge on any atom is 0.245 e. The first-order valence-corrected chi connectivity index (χ1v) is 8.25. The minimum Gasteiger partial charge on any atom is -0.311 e. The molecule has 0 spiro atoms. The molecule has 104 valence electrons. The summed E-state index contributed by atoms with van der Waals surface area (Å²) in [4.78, 5) is 16.9.